The number of nitrogens with zero attached hydrogens (tertiary/aromatic N) is 2. The lowest BCUT2D eigenvalue weighted by molar-refractivity contribution is -0.117. The topological polar surface area (TPSA) is 76.5 Å². The lowest BCUT2D eigenvalue weighted by Gasteiger charge is -2.16. The molecule has 1 aliphatic heterocycles. The van der Waals surface area contributed by atoms with Crippen LogP contribution in [0.2, 0.25) is 0 Å². The smallest absolute Gasteiger partial charge is 0.250 e. The van der Waals surface area contributed by atoms with Gasteiger partial charge in [-0.15, -0.1) is 0 Å². The molecule has 0 spiro atoms. The van der Waals surface area contributed by atoms with Crippen LogP contribution in [0.15, 0.2) is 28.0 Å². The van der Waals surface area contributed by atoms with E-state index in [0.29, 0.717) is 13.1 Å². The summed E-state index contributed by atoms with van der Waals surface area (Å²) in [6.45, 7) is 2.26. The molecule has 7 heteroatoms. The van der Waals surface area contributed by atoms with E-state index in [1.54, 1.807) is 0 Å². The van der Waals surface area contributed by atoms with Crippen LogP contribution in [-0.2, 0) is 21.4 Å². The van der Waals surface area contributed by atoms with Crippen molar-refractivity contribution >= 4 is 15.8 Å². The molecule has 1 saturated heterocycles. The highest BCUT2D eigenvalue weighted by Crippen LogP contribution is 2.19. The third-order valence-corrected chi connectivity index (χ3v) is 4.93. The number of sulfonamides is 1. The molecule has 0 amide bonds. The van der Waals surface area contributed by atoms with Crippen molar-refractivity contribution in [2.24, 2.45) is 0 Å². The first-order valence-electron chi connectivity index (χ1n) is 6.11. The standard InChI is InChI=1S/C12H16N2O4S/c1-10(15)8-13-9-11(4-5-12(13)16)19(17,18)14-6-2-3-7-14/h4-5,9H,2-3,6-8H2,1H3. The van der Waals surface area contributed by atoms with Crippen molar-refractivity contribution in [1.29, 1.82) is 0 Å². The van der Waals surface area contributed by atoms with E-state index in [2.05, 4.69) is 0 Å². The van der Waals surface area contributed by atoms with E-state index in [1.807, 2.05) is 0 Å². The normalized spacial score (nSPS) is 16.7. The number of Topliss-reactive ketones (excluding diaryl/α,β-unsaturated/α-hetero) is 1. The predicted molar refractivity (Wildman–Crippen MR) is 69.4 cm³/mol. The summed E-state index contributed by atoms with van der Waals surface area (Å²) in [7, 11) is -3.55. The largest absolute Gasteiger partial charge is 0.307 e. The van der Waals surface area contributed by atoms with Crippen molar-refractivity contribution in [3.8, 4) is 0 Å². The van der Waals surface area contributed by atoms with Gasteiger partial charge >= 0.3 is 0 Å². The van der Waals surface area contributed by atoms with Crippen molar-refractivity contribution in [2.45, 2.75) is 31.2 Å². The second-order valence-electron chi connectivity index (χ2n) is 4.64. The fraction of sp³-hybridized carbons (Fsp3) is 0.500. The van der Waals surface area contributed by atoms with Crippen molar-refractivity contribution < 1.29 is 13.2 Å². The first kappa shape index (κ1) is 14.0. The summed E-state index contributed by atoms with van der Waals surface area (Å²) in [5, 5.41) is 0. The van der Waals surface area contributed by atoms with Crippen LogP contribution in [-0.4, -0.2) is 36.2 Å². The van der Waals surface area contributed by atoms with Crippen LogP contribution >= 0.6 is 0 Å². The van der Waals surface area contributed by atoms with E-state index in [9.17, 15) is 18.0 Å². The van der Waals surface area contributed by atoms with Crippen LogP contribution in [0.25, 0.3) is 0 Å². The molecule has 19 heavy (non-hydrogen) atoms. The molecule has 0 N–H and O–H groups in total. The second kappa shape index (κ2) is 5.26. The van der Waals surface area contributed by atoms with E-state index in [0.717, 1.165) is 17.4 Å². The number of ketones is 1. The number of pyridine rings is 1. The first-order valence-corrected chi connectivity index (χ1v) is 7.55. The molecule has 0 radical (unpaired) electrons. The zero-order valence-electron chi connectivity index (χ0n) is 10.7. The molecule has 1 fully saturated rings. The monoisotopic (exact) mass is 284 g/mol. The van der Waals surface area contributed by atoms with E-state index in [1.165, 1.54) is 29.6 Å². The number of hydrogen-bond donors (Lipinski definition) is 0. The summed E-state index contributed by atoms with van der Waals surface area (Å²) in [5.74, 6) is -0.196. The Balaban J connectivity index is 2.40. The van der Waals surface area contributed by atoms with Crippen molar-refractivity contribution in [2.75, 3.05) is 13.1 Å². The van der Waals surface area contributed by atoms with E-state index < -0.39 is 10.0 Å². The fourth-order valence-electron chi connectivity index (χ4n) is 2.10. The summed E-state index contributed by atoms with van der Waals surface area (Å²) in [6, 6.07) is 2.48. The average molecular weight is 284 g/mol. The number of hydrogen-bond acceptors (Lipinski definition) is 4. The minimum atomic E-state index is -3.55. The van der Waals surface area contributed by atoms with E-state index >= 15 is 0 Å². The Morgan fingerprint density at radius 1 is 1.26 bits per heavy atom. The molecule has 0 unspecified atom stereocenters. The maximum Gasteiger partial charge on any atom is 0.250 e. The summed E-state index contributed by atoms with van der Waals surface area (Å²) < 4.78 is 27.2. The molecule has 2 rings (SSSR count). The average Bonchev–Trinajstić information content (AvgIpc) is 2.85. The van der Waals surface area contributed by atoms with Gasteiger partial charge in [0.1, 0.15) is 5.78 Å². The highest BCUT2D eigenvalue weighted by atomic mass is 32.2. The van der Waals surface area contributed by atoms with Crippen LogP contribution in [0.3, 0.4) is 0 Å². The van der Waals surface area contributed by atoms with E-state index in [4.69, 9.17) is 0 Å². The molecule has 0 atom stereocenters. The van der Waals surface area contributed by atoms with Crippen LogP contribution in [0, 0.1) is 0 Å². The van der Waals surface area contributed by atoms with Gasteiger partial charge in [0.05, 0.1) is 11.4 Å². The van der Waals surface area contributed by atoms with Gasteiger partial charge in [0.25, 0.3) is 5.56 Å². The molecule has 0 saturated carbocycles. The van der Waals surface area contributed by atoms with Crippen molar-refractivity contribution in [3.05, 3.63) is 28.7 Å². The maximum absolute atomic E-state index is 12.3. The van der Waals surface area contributed by atoms with Gasteiger partial charge in [0.15, 0.2) is 0 Å². The Kier molecular flexibility index (Phi) is 3.86. The van der Waals surface area contributed by atoms with Gasteiger partial charge < -0.3 is 4.57 Å². The first-order chi connectivity index (χ1) is 8.91. The second-order valence-corrected chi connectivity index (χ2v) is 6.58. The Morgan fingerprint density at radius 2 is 1.89 bits per heavy atom. The Bertz CT molecular complexity index is 642. The molecule has 1 aliphatic rings. The minimum absolute atomic E-state index is 0.0650. The fourth-order valence-corrected chi connectivity index (χ4v) is 3.64. The van der Waals surface area contributed by atoms with E-state index in [-0.39, 0.29) is 22.8 Å². The summed E-state index contributed by atoms with van der Waals surface area (Å²) in [6.07, 6.45) is 2.95. The van der Waals surface area contributed by atoms with Crippen molar-refractivity contribution in [1.82, 2.24) is 8.87 Å². The SMILES string of the molecule is CC(=O)Cn1cc(S(=O)(=O)N2CCCC2)ccc1=O. The molecule has 6 nitrogen and oxygen atoms in total. The van der Waals surface area contributed by atoms with Gasteiger partial charge in [0, 0.05) is 25.4 Å². The molecule has 0 bridgehead atoms. The zero-order chi connectivity index (χ0) is 14.0. The summed E-state index contributed by atoms with van der Waals surface area (Å²) >= 11 is 0. The van der Waals surface area contributed by atoms with Gasteiger partial charge in [-0.25, -0.2) is 8.42 Å². The molecule has 1 aromatic rings. The molecule has 0 aromatic carbocycles. The quantitative estimate of drug-likeness (QED) is 0.792. The number of aromatic nitrogens is 1. The third-order valence-electron chi connectivity index (χ3n) is 3.05. The maximum atomic E-state index is 12.3. The number of carbonyl (C=O) groups is 1. The van der Waals surface area contributed by atoms with Gasteiger partial charge in [-0.05, 0) is 25.8 Å². The summed E-state index contributed by atoms with van der Waals surface area (Å²) in [5.41, 5.74) is -0.379. The Morgan fingerprint density at radius 3 is 2.47 bits per heavy atom. The molecule has 0 aliphatic carbocycles. The zero-order valence-corrected chi connectivity index (χ0v) is 11.5. The van der Waals surface area contributed by atoms with Crippen LogP contribution in [0.5, 0.6) is 0 Å². The Labute approximate surface area is 111 Å². The van der Waals surface area contributed by atoms with Gasteiger partial charge in [-0.2, -0.15) is 4.31 Å². The molecule has 2 heterocycles. The minimum Gasteiger partial charge on any atom is -0.307 e. The highest BCUT2D eigenvalue weighted by Gasteiger charge is 2.27. The predicted octanol–water partition coefficient (Wildman–Crippen LogP) is 0.222. The lowest BCUT2D eigenvalue weighted by atomic mass is 10.4. The summed E-state index contributed by atoms with van der Waals surface area (Å²) in [4.78, 5) is 22.7. The van der Waals surface area contributed by atoms with Gasteiger partial charge in [-0.3, -0.25) is 9.59 Å². The number of rotatable bonds is 4. The molecular weight excluding hydrogens is 268 g/mol. The van der Waals surface area contributed by atoms with Gasteiger partial charge in [-0.1, -0.05) is 0 Å². The number of carbonyl (C=O) groups excluding carboxylic acids is 1. The van der Waals surface area contributed by atoms with Gasteiger partial charge in [0.2, 0.25) is 10.0 Å². The van der Waals surface area contributed by atoms with Crippen LogP contribution in [0.4, 0.5) is 0 Å². The third kappa shape index (κ3) is 2.93. The van der Waals surface area contributed by atoms with Crippen molar-refractivity contribution in [3.63, 3.8) is 0 Å². The van der Waals surface area contributed by atoms with Crippen LogP contribution in [0.1, 0.15) is 19.8 Å². The molecular formula is C12H16N2O4S. The molecule has 1 aromatic heterocycles. The highest BCUT2D eigenvalue weighted by molar-refractivity contribution is 7.89. The van der Waals surface area contributed by atoms with Crippen LogP contribution < -0.4 is 5.56 Å². The lowest BCUT2D eigenvalue weighted by Crippen LogP contribution is -2.30. The Hall–Kier alpha value is -1.47. The molecule has 104 valence electrons.